The van der Waals surface area contributed by atoms with Gasteiger partial charge in [0.25, 0.3) is 0 Å². The Morgan fingerprint density at radius 3 is 0.830 bits per heavy atom. The summed E-state index contributed by atoms with van der Waals surface area (Å²) in [7, 11) is 3.75. The Bertz CT molecular complexity index is 1950. The molecule has 6 aromatic rings. The Hall–Kier alpha value is -5.67. The van der Waals surface area contributed by atoms with Crippen LogP contribution >= 0.6 is 0 Å². The van der Waals surface area contributed by atoms with Crippen molar-refractivity contribution in [2.24, 2.45) is 0 Å². The highest BCUT2D eigenvalue weighted by Crippen LogP contribution is 2.36. The van der Waals surface area contributed by atoms with Gasteiger partial charge in [-0.05, 0) is 44.5 Å². The first-order valence-electron chi connectivity index (χ1n) is 20.7. The fourth-order valence-electron chi connectivity index (χ4n) is 6.31. The predicted octanol–water partition coefficient (Wildman–Crippen LogP) is 14.1. The van der Waals surface area contributed by atoms with Gasteiger partial charge >= 0.3 is 0 Å². The lowest BCUT2D eigenvalue weighted by atomic mass is 9.85. The molecule has 0 heterocycles. The van der Waals surface area contributed by atoms with Crippen LogP contribution in [-0.4, -0.2) is 17.3 Å². The topological polar surface area (TPSA) is 51.2 Å². The molecule has 0 radical (unpaired) electrons. The maximum Gasteiger partial charge on any atom is 0.194 e. The number of ketones is 3. The van der Waals surface area contributed by atoms with Crippen LogP contribution in [0, 0.1) is 0 Å². The second kappa shape index (κ2) is 22.3. The molecule has 276 valence electrons. The van der Waals surface area contributed by atoms with E-state index in [9.17, 15) is 14.4 Å². The summed E-state index contributed by atoms with van der Waals surface area (Å²) in [5.74, 6) is 0.602. The summed E-state index contributed by atoms with van der Waals surface area (Å²) in [6.07, 6.45) is 1.07. The second-order valence-electron chi connectivity index (χ2n) is 11.0. The van der Waals surface area contributed by atoms with Crippen LogP contribution < -0.4 is 0 Å². The van der Waals surface area contributed by atoms with Crippen LogP contribution in [0.4, 0.5) is 0 Å². The number of rotatable bonds is 0. The fraction of sp³-hybridized carbons (Fsp3) is 0.220. The highest BCUT2D eigenvalue weighted by Gasteiger charge is 2.25. The number of hydrogen-bond donors (Lipinski definition) is 0. The van der Waals surface area contributed by atoms with Crippen LogP contribution in [0.25, 0.3) is 33.4 Å². The summed E-state index contributed by atoms with van der Waals surface area (Å²) >= 11 is 0. The van der Waals surface area contributed by atoms with Crippen molar-refractivity contribution in [2.45, 2.75) is 76.6 Å². The van der Waals surface area contributed by atoms with Gasteiger partial charge in [-0.2, -0.15) is 0 Å². The molecule has 3 nitrogen and oxygen atoms in total. The van der Waals surface area contributed by atoms with E-state index in [1.807, 2.05) is 175 Å². The monoisotopic (exact) mass is 709 g/mol. The van der Waals surface area contributed by atoms with Crippen LogP contribution in [0.1, 0.15) is 116 Å². The van der Waals surface area contributed by atoms with Crippen molar-refractivity contribution in [3.63, 3.8) is 0 Å². The Morgan fingerprint density at radius 1 is 0.321 bits per heavy atom. The lowest BCUT2D eigenvalue weighted by Gasteiger charge is -2.18. The molecule has 9 rings (SSSR count). The van der Waals surface area contributed by atoms with E-state index in [0.717, 1.165) is 55.6 Å². The lowest BCUT2D eigenvalue weighted by molar-refractivity contribution is 0.0983. The highest BCUT2D eigenvalue weighted by molar-refractivity contribution is 6.21. The van der Waals surface area contributed by atoms with E-state index in [1.54, 1.807) is 0 Å². The Morgan fingerprint density at radius 2 is 0.528 bits per heavy atom. The van der Waals surface area contributed by atoms with E-state index in [1.165, 1.54) is 33.3 Å². The molecule has 0 unspecified atom stereocenters. The zero-order valence-electron chi connectivity index (χ0n) is 36.0. The minimum atomic E-state index is 0.149. The molecule has 0 N–H and O–H groups in total. The van der Waals surface area contributed by atoms with Crippen molar-refractivity contribution in [3.8, 4) is 33.4 Å². The number of Topliss-reactive ketones (excluding diaryl/α,β-unsaturated/α-hetero) is 2. The number of benzene rings is 6. The molecule has 3 heteroatoms. The first-order chi connectivity index (χ1) is 27.6. The molecule has 3 aliphatic carbocycles. The van der Waals surface area contributed by atoms with Crippen LogP contribution in [0.3, 0.4) is 0 Å². The van der Waals surface area contributed by atoms with Gasteiger partial charge in [0.2, 0.25) is 0 Å². The molecule has 0 fully saturated rings. The van der Waals surface area contributed by atoms with Gasteiger partial charge in [0.15, 0.2) is 17.3 Å². The third-order valence-electron chi connectivity index (χ3n) is 8.41. The molecule has 3 aliphatic rings. The molecular formula is C50H58O3. The van der Waals surface area contributed by atoms with Crippen LogP contribution in [0.2, 0.25) is 0 Å². The zero-order chi connectivity index (χ0) is 42.0. The zero-order valence-corrected chi connectivity index (χ0v) is 33.0. The molecule has 0 atom stereocenters. The van der Waals surface area contributed by atoms with Gasteiger partial charge in [0, 0.05) is 39.2 Å². The standard InChI is InChI=1S/2C14H10O.C13H8O.3C2H6.3CH4/c2*15-14-9-10-5-1-2-6-11(10)12-7-3-4-8-13(12)14;14-13-11-7-3-1-5-9(11)10-6-2-4-8-12(10)13;3*1-2;;;/h2*1-8H,9H2;1-8H;3*1-2H3;3*1H4/i;;;;;;3*1D. The summed E-state index contributed by atoms with van der Waals surface area (Å²) in [5, 5.41) is 0. The van der Waals surface area contributed by atoms with Gasteiger partial charge in [0.1, 0.15) is 0 Å². The smallest absolute Gasteiger partial charge is 0.194 e. The third kappa shape index (κ3) is 9.81. The molecule has 0 bridgehead atoms. The Labute approximate surface area is 324 Å². The Balaban J connectivity index is 0.000000370. The van der Waals surface area contributed by atoms with Crippen molar-refractivity contribution in [1.29, 1.82) is 0 Å². The van der Waals surface area contributed by atoms with E-state index in [4.69, 9.17) is 4.11 Å². The molecule has 0 spiro atoms. The Kier molecular flexibility index (Phi) is 16.9. The predicted molar refractivity (Wildman–Crippen MR) is 229 cm³/mol. The van der Waals surface area contributed by atoms with E-state index in [-0.39, 0.29) is 17.3 Å². The van der Waals surface area contributed by atoms with Crippen LogP contribution in [0.15, 0.2) is 146 Å². The number of fused-ring (bicyclic) bond motifs is 9. The minimum Gasteiger partial charge on any atom is -0.294 e. The quantitative estimate of drug-likeness (QED) is 0.157. The summed E-state index contributed by atoms with van der Waals surface area (Å²) in [5.41, 5.74) is 12.3. The van der Waals surface area contributed by atoms with E-state index in [2.05, 4.69) is 12.1 Å². The van der Waals surface area contributed by atoms with E-state index in [0.29, 0.717) is 12.8 Å². The van der Waals surface area contributed by atoms with Crippen LogP contribution in [-0.2, 0) is 12.8 Å². The molecule has 6 aromatic carbocycles. The third-order valence-corrected chi connectivity index (χ3v) is 8.41. The van der Waals surface area contributed by atoms with Gasteiger partial charge in [-0.25, -0.2) is 0 Å². The average molecular weight is 710 g/mol. The van der Waals surface area contributed by atoms with Crippen molar-refractivity contribution in [2.75, 3.05) is 0 Å². The van der Waals surface area contributed by atoms with Crippen molar-refractivity contribution >= 4 is 17.3 Å². The summed E-state index contributed by atoms with van der Waals surface area (Å²) in [6, 6.07) is 47.4. The van der Waals surface area contributed by atoms with Gasteiger partial charge in [0.05, 0.1) is 0 Å². The summed E-state index contributed by atoms with van der Waals surface area (Å²) in [4.78, 5) is 35.6. The number of carbonyl (C=O) groups excluding carboxylic acids is 3. The maximum absolute atomic E-state index is 11.9. The molecular weight excluding hydrogens is 649 g/mol. The number of carbonyl (C=O) groups is 3. The number of hydrogen-bond acceptors (Lipinski definition) is 3. The van der Waals surface area contributed by atoms with Gasteiger partial charge in [-0.1, -0.05) is 209 Å². The highest BCUT2D eigenvalue weighted by atomic mass is 16.1. The molecule has 0 aromatic heterocycles. The van der Waals surface area contributed by atoms with Crippen molar-refractivity contribution in [3.05, 3.63) is 179 Å². The largest absolute Gasteiger partial charge is 0.294 e. The maximum atomic E-state index is 11.9. The molecule has 0 saturated heterocycles. The molecule has 0 saturated carbocycles. The second-order valence-corrected chi connectivity index (χ2v) is 11.0. The van der Waals surface area contributed by atoms with E-state index < -0.39 is 0 Å². The first-order valence-corrected chi connectivity index (χ1v) is 17.7. The van der Waals surface area contributed by atoms with Crippen molar-refractivity contribution < 1.29 is 18.5 Å². The molecule has 53 heavy (non-hydrogen) atoms. The first kappa shape index (κ1) is 40.1. The van der Waals surface area contributed by atoms with E-state index >= 15 is 0 Å². The molecule has 0 aliphatic heterocycles. The molecule has 0 amide bonds. The average Bonchev–Trinajstić information content (AvgIpc) is 3.59. The SMILES string of the molecule is CC.CC.CC.O=C1Cc2ccccc2-c2ccccc21.O=C1Cc2ccccc2-c2ccccc21.O=C1c2ccccc2-c2ccccc21.[2H]C.[2H]C.[2H]C. The normalized spacial score (nSPS) is 11.5. The minimum absolute atomic E-state index is 0.149. The van der Waals surface area contributed by atoms with Gasteiger partial charge in [-0.15, -0.1) is 0 Å². The summed E-state index contributed by atoms with van der Waals surface area (Å²) in [6.45, 7) is 12.0. The van der Waals surface area contributed by atoms with Crippen molar-refractivity contribution in [1.82, 2.24) is 0 Å². The lowest BCUT2D eigenvalue weighted by Crippen LogP contribution is -2.11. The van der Waals surface area contributed by atoms with Gasteiger partial charge < -0.3 is 0 Å². The summed E-state index contributed by atoms with van der Waals surface area (Å²) < 4.78 is 17.2. The van der Waals surface area contributed by atoms with Crippen LogP contribution in [0.5, 0.6) is 0 Å². The van der Waals surface area contributed by atoms with Gasteiger partial charge in [-0.3, -0.25) is 14.4 Å². The fourth-order valence-corrected chi connectivity index (χ4v) is 6.31.